The molecule has 9 rings (SSSR count). The Labute approximate surface area is 289 Å². The van der Waals surface area contributed by atoms with Crippen LogP contribution in [0.3, 0.4) is 0 Å². The first-order valence-corrected chi connectivity index (χ1v) is 17.0. The zero-order valence-electron chi connectivity index (χ0n) is 27.5. The van der Waals surface area contributed by atoms with Crippen molar-refractivity contribution in [1.29, 1.82) is 0 Å². The Bertz CT molecular complexity index is 2540. The summed E-state index contributed by atoms with van der Waals surface area (Å²) in [6, 6.07) is 37.8. The summed E-state index contributed by atoms with van der Waals surface area (Å²) in [5.41, 5.74) is 9.35. The molecule has 0 saturated heterocycles. The van der Waals surface area contributed by atoms with E-state index in [4.69, 9.17) is 29.1 Å². The molecule has 0 N–H and O–H groups in total. The summed E-state index contributed by atoms with van der Waals surface area (Å²) in [6.45, 7) is 2.04. The maximum atomic E-state index is 6.42. The van der Waals surface area contributed by atoms with Crippen molar-refractivity contribution in [2.24, 2.45) is 0 Å². The first kappa shape index (κ1) is 30.0. The summed E-state index contributed by atoms with van der Waals surface area (Å²) in [4.78, 5) is 25.9. The Balaban J connectivity index is 1.27. The number of hydrogen-bond acceptors (Lipinski definition) is 6. The van der Waals surface area contributed by atoms with Crippen LogP contribution in [0.2, 0.25) is 0 Å². The van der Waals surface area contributed by atoms with Crippen LogP contribution in [-0.2, 0) is 9.78 Å². The van der Waals surface area contributed by atoms with Gasteiger partial charge in [0.05, 0.1) is 0 Å². The molecule has 0 spiro atoms. The van der Waals surface area contributed by atoms with Gasteiger partial charge in [-0.05, 0) is 82.7 Å². The van der Waals surface area contributed by atoms with Crippen LogP contribution < -0.4 is 0 Å². The largest absolute Gasteiger partial charge is 0.456 e. The summed E-state index contributed by atoms with van der Waals surface area (Å²) in [5.74, 6) is 1.83. The quantitative estimate of drug-likeness (QED) is 0.160. The SMILES string of the molecule is C/C(=C\CC1C=COO1)c1nc(-c2ccc3ccccc3c2)nc(-c2c(C3=CC=C(c4ccccc4)CC3)ccc3oc4ccccc4c23)n1. The van der Waals surface area contributed by atoms with Crippen molar-refractivity contribution >= 4 is 49.4 Å². The van der Waals surface area contributed by atoms with Crippen molar-refractivity contribution in [3.05, 3.63) is 157 Å². The van der Waals surface area contributed by atoms with E-state index in [1.165, 1.54) is 16.7 Å². The summed E-state index contributed by atoms with van der Waals surface area (Å²) in [6.07, 6.45) is 12.4. The Morgan fingerprint density at radius 1 is 0.720 bits per heavy atom. The van der Waals surface area contributed by atoms with Gasteiger partial charge in [0.15, 0.2) is 17.5 Å². The average molecular weight is 652 g/mol. The summed E-state index contributed by atoms with van der Waals surface area (Å²) in [5, 5.41) is 4.32. The first-order valence-electron chi connectivity index (χ1n) is 17.0. The molecule has 0 radical (unpaired) electrons. The van der Waals surface area contributed by atoms with E-state index >= 15 is 0 Å². The molecule has 50 heavy (non-hydrogen) atoms. The number of hydrogen-bond donors (Lipinski definition) is 0. The van der Waals surface area contributed by atoms with E-state index in [9.17, 15) is 0 Å². The lowest BCUT2D eigenvalue weighted by Crippen LogP contribution is -2.05. The number of benzene rings is 5. The third-order valence-electron chi connectivity index (χ3n) is 9.59. The zero-order chi connectivity index (χ0) is 33.4. The number of furan rings is 1. The Morgan fingerprint density at radius 2 is 1.50 bits per heavy atom. The molecule has 2 aromatic heterocycles. The molecule has 7 aromatic rings. The molecule has 1 unspecified atom stereocenters. The number of rotatable bonds is 7. The van der Waals surface area contributed by atoms with E-state index in [-0.39, 0.29) is 6.10 Å². The van der Waals surface area contributed by atoms with Gasteiger partial charge in [0.25, 0.3) is 0 Å². The summed E-state index contributed by atoms with van der Waals surface area (Å²) in [7, 11) is 0. The second kappa shape index (κ2) is 12.7. The molecule has 2 aliphatic rings. The van der Waals surface area contributed by atoms with E-state index < -0.39 is 0 Å². The molecule has 0 saturated carbocycles. The molecule has 1 aliphatic heterocycles. The zero-order valence-corrected chi connectivity index (χ0v) is 27.5. The Morgan fingerprint density at radius 3 is 2.34 bits per heavy atom. The number of nitrogens with zero attached hydrogens (tertiary/aromatic N) is 3. The third kappa shape index (κ3) is 5.59. The molecule has 0 amide bonds. The standard InChI is InChI=1S/C44H33N3O3/c1-28(15-22-35-25-26-48-50-35)42-45-43(34-21-18-30-11-5-6-12-33(30)27-34)47-44(46-42)41-36(23-24-39-40(41)37-13-7-8-14-38(37)49-39)32-19-16-31(17-20-32)29-9-3-2-4-10-29/h2-16,18-19,21,23-27,35H,17,20,22H2,1H3/b28-15+. The highest BCUT2D eigenvalue weighted by atomic mass is 17.2. The van der Waals surface area contributed by atoms with Crippen molar-refractivity contribution in [3.63, 3.8) is 0 Å². The van der Waals surface area contributed by atoms with Gasteiger partial charge >= 0.3 is 0 Å². The van der Waals surface area contributed by atoms with Crippen molar-refractivity contribution in [3.8, 4) is 22.8 Å². The lowest BCUT2D eigenvalue weighted by atomic mass is 9.86. The van der Waals surface area contributed by atoms with Crippen LogP contribution in [0, 0.1) is 0 Å². The van der Waals surface area contributed by atoms with Crippen LogP contribution in [0.4, 0.5) is 0 Å². The molecular formula is C44H33N3O3. The maximum Gasteiger partial charge on any atom is 0.165 e. The van der Waals surface area contributed by atoms with E-state index in [1.807, 2.05) is 25.1 Å². The van der Waals surface area contributed by atoms with Crippen molar-refractivity contribution < 1.29 is 14.2 Å². The lowest BCUT2D eigenvalue weighted by molar-refractivity contribution is -0.251. The maximum absolute atomic E-state index is 6.42. The number of allylic oxidation sites excluding steroid dienone is 5. The summed E-state index contributed by atoms with van der Waals surface area (Å²) >= 11 is 0. The fourth-order valence-corrected chi connectivity index (χ4v) is 6.95. The van der Waals surface area contributed by atoms with Crippen molar-refractivity contribution in [2.45, 2.75) is 32.3 Å². The highest BCUT2D eigenvalue weighted by Crippen LogP contribution is 2.43. The molecule has 242 valence electrons. The van der Waals surface area contributed by atoms with Gasteiger partial charge in [0.1, 0.15) is 23.5 Å². The Kier molecular flexibility index (Phi) is 7.63. The van der Waals surface area contributed by atoms with E-state index in [0.29, 0.717) is 23.9 Å². The third-order valence-corrected chi connectivity index (χ3v) is 9.59. The van der Waals surface area contributed by atoms with Gasteiger partial charge in [0, 0.05) is 28.3 Å². The van der Waals surface area contributed by atoms with Crippen molar-refractivity contribution in [1.82, 2.24) is 15.0 Å². The van der Waals surface area contributed by atoms with Crippen LogP contribution in [0.15, 0.2) is 144 Å². The highest BCUT2D eigenvalue weighted by molar-refractivity contribution is 6.14. The number of para-hydroxylation sites is 1. The lowest BCUT2D eigenvalue weighted by Gasteiger charge is -2.19. The van der Waals surface area contributed by atoms with E-state index in [2.05, 4.69) is 115 Å². The second-order valence-electron chi connectivity index (χ2n) is 12.8. The molecule has 1 aliphatic carbocycles. The topological polar surface area (TPSA) is 70.3 Å². The molecule has 6 heteroatoms. The van der Waals surface area contributed by atoms with Crippen LogP contribution in [-0.4, -0.2) is 21.1 Å². The van der Waals surface area contributed by atoms with E-state index in [1.54, 1.807) is 6.26 Å². The van der Waals surface area contributed by atoms with Gasteiger partial charge in [-0.25, -0.2) is 15.0 Å². The van der Waals surface area contributed by atoms with Gasteiger partial charge in [-0.2, -0.15) is 4.89 Å². The smallest absolute Gasteiger partial charge is 0.165 e. The predicted molar refractivity (Wildman–Crippen MR) is 200 cm³/mol. The van der Waals surface area contributed by atoms with Gasteiger partial charge in [-0.1, -0.05) is 109 Å². The van der Waals surface area contributed by atoms with Crippen LogP contribution in [0.1, 0.15) is 43.1 Å². The number of aromatic nitrogens is 3. The minimum atomic E-state index is -0.157. The van der Waals surface area contributed by atoms with Gasteiger partial charge < -0.3 is 9.30 Å². The molecule has 3 heterocycles. The molecule has 0 fully saturated rings. The van der Waals surface area contributed by atoms with Gasteiger partial charge in [-0.15, -0.1) is 0 Å². The summed E-state index contributed by atoms with van der Waals surface area (Å²) < 4.78 is 6.42. The monoisotopic (exact) mass is 651 g/mol. The van der Waals surface area contributed by atoms with Crippen molar-refractivity contribution in [2.75, 3.05) is 0 Å². The van der Waals surface area contributed by atoms with Crippen LogP contribution in [0.5, 0.6) is 0 Å². The Hall–Kier alpha value is -6.11. The highest BCUT2D eigenvalue weighted by Gasteiger charge is 2.24. The molecule has 1 atom stereocenters. The molecule has 0 bridgehead atoms. The minimum absolute atomic E-state index is 0.157. The second-order valence-corrected chi connectivity index (χ2v) is 12.8. The first-order chi connectivity index (χ1) is 24.7. The molecular weight excluding hydrogens is 619 g/mol. The predicted octanol–water partition coefficient (Wildman–Crippen LogP) is 11.2. The van der Waals surface area contributed by atoms with E-state index in [0.717, 1.165) is 67.8 Å². The fraction of sp³-hybridized carbons (Fsp3) is 0.114. The normalized spacial score (nSPS) is 16.2. The molecule has 6 nitrogen and oxygen atoms in total. The minimum Gasteiger partial charge on any atom is -0.456 e. The van der Waals surface area contributed by atoms with Crippen LogP contribution in [0.25, 0.3) is 72.2 Å². The number of fused-ring (bicyclic) bond motifs is 4. The van der Waals surface area contributed by atoms with Crippen LogP contribution >= 0.6 is 0 Å². The van der Waals surface area contributed by atoms with Gasteiger partial charge in [-0.3, -0.25) is 0 Å². The van der Waals surface area contributed by atoms with Gasteiger partial charge in [0.2, 0.25) is 0 Å². The fourth-order valence-electron chi connectivity index (χ4n) is 6.95. The average Bonchev–Trinajstić information content (AvgIpc) is 3.85. The molecule has 5 aromatic carbocycles.